The molecule has 2 saturated carbocycles. The van der Waals surface area contributed by atoms with Crippen molar-refractivity contribution in [1.29, 1.82) is 0 Å². The summed E-state index contributed by atoms with van der Waals surface area (Å²) < 4.78 is 10.4. The van der Waals surface area contributed by atoms with E-state index in [-0.39, 0.29) is 17.9 Å². The first-order valence-corrected chi connectivity index (χ1v) is 11.8. The third kappa shape index (κ3) is 5.33. The molecule has 0 aromatic carbocycles. The SMILES string of the molecule is C=CC1C[C@]1(NC(=O)C1CCCN1C(=O)C(NC(=O)OC1CCCC1)C(C)(C)C)C(=O)OC. The molecule has 0 aromatic rings. The van der Waals surface area contributed by atoms with Crippen LogP contribution in [0.2, 0.25) is 0 Å². The lowest BCUT2D eigenvalue weighted by molar-refractivity contribution is -0.148. The number of carbonyl (C=O) groups is 4. The number of rotatable bonds is 7. The molecule has 3 rings (SSSR count). The molecule has 1 aliphatic heterocycles. The molecule has 0 spiro atoms. The first-order valence-electron chi connectivity index (χ1n) is 11.8. The van der Waals surface area contributed by atoms with Crippen LogP contribution in [0.4, 0.5) is 4.79 Å². The fraction of sp³-hybridized carbons (Fsp3) is 0.750. The Balaban J connectivity index is 1.70. The van der Waals surface area contributed by atoms with Crippen LogP contribution in [0.5, 0.6) is 0 Å². The predicted molar refractivity (Wildman–Crippen MR) is 121 cm³/mol. The van der Waals surface area contributed by atoms with E-state index in [1.807, 2.05) is 20.8 Å². The van der Waals surface area contributed by atoms with Gasteiger partial charge in [0.25, 0.3) is 0 Å². The highest BCUT2D eigenvalue weighted by Gasteiger charge is 2.61. The van der Waals surface area contributed by atoms with Crippen molar-refractivity contribution in [3.8, 4) is 0 Å². The van der Waals surface area contributed by atoms with E-state index in [0.717, 1.165) is 25.7 Å². The molecule has 184 valence electrons. The number of nitrogens with zero attached hydrogens (tertiary/aromatic N) is 1. The Kier molecular flexibility index (Phi) is 7.39. The second-order valence-corrected chi connectivity index (χ2v) is 10.4. The Hall–Kier alpha value is -2.58. The van der Waals surface area contributed by atoms with Crippen LogP contribution in [0, 0.1) is 11.3 Å². The second-order valence-electron chi connectivity index (χ2n) is 10.4. The van der Waals surface area contributed by atoms with Gasteiger partial charge in [0.15, 0.2) is 0 Å². The molecule has 9 heteroatoms. The Morgan fingerprint density at radius 3 is 2.33 bits per heavy atom. The maximum Gasteiger partial charge on any atom is 0.408 e. The molecular formula is C24H37N3O6. The summed E-state index contributed by atoms with van der Waals surface area (Å²) in [7, 11) is 1.28. The molecule has 1 heterocycles. The van der Waals surface area contributed by atoms with Crippen LogP contribution in [-0.4, -0.2) is 66.2 Å². The molecule has 3 amide bonds. The maximum atomic E-state index is 13.5. The van der Waals surface area contributed by atoms with Crippen molar-refractivity contribution in [3.05, 3.63) is 12.7 Å². The molecule has 3 aliphatic rings. The maximum absolute atomic E-state index is 13.5. The van der Waals surface area contributed by atoms with E-state index in [2.05, 4.69) is 17.2 Å². The van der Waals surface area contributed by atoms with Crippen LogP contribution in [0.15, 0.2) is 12.7 Å². The molecule has 3 unspecified atom stereocenters. The number of amides is 3. The van der Waals surface area contributed by atoms with Gasteiger partial charge in [0, 0.05) is 12.5 Å². The minimum absolute atomic E-state index is 0.114. The van der Waals surface area contributed by atoms with Crippen LogP contribution in [-0.2, 0) is 23.9 Å². The summed E-state index contributed by atoms with van der Waals surface area (Å²) in [6.45, 7) is 9.71. The van der Waals surface area contributed by atoms with Crippen molar-refractivity contribution < 1.29 is 28.7 Å². The number of carbonyl (C=O) groups excluding carboxylic acids is 4. The van der Waals surface area contributed by atoms with E-state index >= 15 is 0 Å². The van der Waals surface area contributed by atoms with Gasteiger partial charge in [-0.25, -0.2) is 9.59 Å². The molecular weight excluding hydrogens is 426 g/mol. The zero-order valence-corrected chi connectivity index (χ0v) is 20.1. The molecule has 2 N–H and O–H groups in total. The smallest absolute Gasteiger partial charge is 0.408 e. The number of ether oxygens (including phenoxy) is 2. The highest BCUT2D eigenvalue weighted by Crippen LogP contribution is 2.45. The summed E-state index contributed by atoms with van der Waals surface area (Å²) >= 11 is 0. The van der Waals surface area contributed by atoms with Gasteiger partial charge in [-0.1, -0.05) is 26.8 Å². The zero-order chi connectivity index (χ0) is 24.4. The highest BCUT2D eigenvalue weighted by molar-refractivity contribution is 5.96. The summed E-state index contributed by atoms with van der Waals surface area (Å²) in [5, 5.41) is 5.57. The molecule has 33 heavy (non-hydrogen) atoms. The van der Waals surface area contributed by atoms with Gasteiger partial charge in [-0.15, -0.1) is 6.58 Å². The zero-order valence-electron chi connectivity index (χ0n) is 20.1. The lowest BCUT2D eigenvalue weighted by atomic mass is 9.85. The standard InChI is InChI=1S/C24H37N3O6/c1-6-15-14-24(15,21(30)32-5)26-19(28)17-12-9-13-27(17)20(29)18(23(2,3)4)25-22(31)33-16-10-7-8-11-16/h6,15-18H,1,7-14H2,2-5H3,(H,25,31)(H,26,28)/t15?,17?,18?,24-/m1/s1. The van der Waals surface area contributed by atoms with Gasteiger partial charge in [0.05, 0.1) is 7.11 Å². The van der Waals surface area contributed by atoms with Gasteiger partial charge >= 0.3 is 12.1 Å². The first kappa shape index (κ1) is 25.1. The second kappa shape index (κ2) is 9.73. The van der Waals surface area contributed by atoms with Crippen LogP contribution in [0.1, 0.15) is 65.7 Å². The Bertz CT molecular complexity index is 801. The van der Waals surface area contributed by atoms with Crippen LogP contribution in [0.25, 0.3) is 0 Å². The van der Waals surface area contributed by atoms with Gasteiger partial charge in [0.1, 0.15) is 23.7 Å². The quantitative estimate of drug-likeness (QED) is 0.442. The summed E-state index contributed by atoms with van der Waals surface area (Å²) in [6, 6.07) is -1.57. The van der Waals surface area contributed by atoms with E-state index in [1.165, 1.54) is 12.0 Å². The molecule has 1 saturated heterocycles. The molecule has 2 aliphatic carbocycles. The lowest BCUT2D eigenvalue weighted by Gasteiger charge is -2.35. The minimum atomic E-state index is -1.11. The fourth-order valence-electron chi connectivity index (χ4n) is 4.91. The topological polar surface area (TPSA) is 114 Å². The van der Waals surface area contributed by atoms with Crippen LogP contribution >= 0.6 is 0 Å². The van der Waals surface area contributed by atoms with Crippen molar-refractivity contribution in [1.82, 2.24) is 15.5 Å². The summed E-state index contributed by atoms with van der Waals surface area (Å²) in [4.78, 5) is 53.0. The average molecular weight is 464 g/mol. The third-order valence-corrected chi connectivity index (χ3v) is 6.98. The van der Waals surface area contributed by atoms with E-state index in [4.69, 9.17) is 9.47 Å². The van der Waals surface area contributed by atoms with Gasteiger partial charge in [-0.3, -0.25) is 9.59 Å². The Morgan fingerprint density at radius 1 is 1.12 bits per heavy atom. The van der Waals surface area contributed by atoms with Crippen molar-refractivity contribution in [2.24, 2.45) is 11.3 Å². The molecule has 4 atom stereocenters. The van der Waals surface area contributed by atoms with E-state index in [9.17, 15) is 19.2 Å². The van der Waals surface area contributed by atoms with E-state index in [1.54, 1.807) is 6.08 Å². The number of methoxy groups -OCH3 is 1. The number of likely N-dealkylation sites (tertiary alicyclic amines) is 1. The average Bonchev–Trinajstić information content (AvgIpc) is 3.12. The number of alkyl carbamates (subject to hydrolysis) is 1. The molecule has 3 fully saturated rings. The summed E-state index contributed by atoms with van der Waals surface area (Å²) in [5.74, 6) is -1.43. The minimum Gasteiger partial charge on any atom is -0.467 e. The highest BCUT2D eigenvalue weighted by atomic mass is 16.6. The molecule has 0 aromatic heterocycles. The summed E-state index contributed by atoms with van der Waals surface area (Å²) in [6.07, 6.45) is 6.21. The normalized spacial score (nSPS) is 28.1. The van der Waals surface area contributed by atoms with Gasteiger partial charge in [-0.2, -0.15) is 0 Å². The molecule has 0 radical (unpaired) electrons. The number of nitrogens with one attached hydrogen (secondary N) is 2. The van der Waals surface area contributed by atoms with Crippen LogP contribution in [0.3, 0.4) is 0 Å². The van der Waals surface area contributed by atoms with Crippen LogP contribution < -0.4 is 10.6 Å². The lowest BCUT2D eigenvalue weighted by Crippen LogP contribution is -2.59. The van der Waals surface area contributed by atoms with E-state index < -0.39 is 41.0 Å². The number of hydrogen-bond acceptors (Lipinski definition) is 6. The number of hydrogen-bond donors (Lipinski definition) is 2. The summed E-state index contributed by atoms with van der Waals surface area (Å²) in [5.41, 5.74) is -1.70. The Morgan fingerprint density at radius 2 is 1.79 bits per heavy atom. The van der Waals surface area contributed by atoms with Gasteiger partial charge in [-0.05, 0) is 50.4 Å². The van der Waals surface area contributed by atoms with E-state index in [0.29, 0.717) is 25.8 Å². The number of esters is 1. The van der Waals surface area contributed by atoms with Gasteiger partial charge in [0.2, 0.25) is 11.8 Å². The molecule has 0 bridgehead atoms. The van der Waals surface area contributed by atoms with Gasteiger partial charge < -0.3 is 25.0 Å². The predicted octanol–water partition coefficient (Wildman–Crippen LogP) is 2.29. The Labute approximate surface area is 195 Å². The first-order chi connectivity index (χ1) is 15.5. The fourth-order valence-corrected chi connectivity index (χ4v) is 4.91. The third-order valence-electron chi connectivity index (χ3n) is 6.98. The largest absolute Gasteiger partial charge is 0.467 e. The van der Waals surface area contributed by atoms with Crippen molar-refractivity contribution in [3.63, 3.8) is 0 Å². The van der Waals surface area contributed by atoms with Crippen molar-refractivity contribution in [2.75, 3.05) is 13.7 Å². The van der Waals surface area contributed by atoms with Crippen molar-refractivity contribution in [2.45, 2.75) is 89.4 Å². The van der Waals surface area contributed by atoms with Crippen molar-refractivity contribution >= 4 is 23.9 Å². The molecule has 9 nitrogen and oxygen atoms in total. The monoisotopic (exact) mass is 463 g/mol.